The number of aliphatic hydroxyl groups is 1. The van der Waals surface area contributed by atoms with Gasteiger partial charge < -0.3 is 14.6 Å². The first-order valence-corrected chi connectivity index (χ1v) is 10.2. The Hall–Kier alpha value is -2.63. The van der Waals surface area contributed by atoms with E-state index in [1.54, 1.807) is 18.2 Å². The smallest absolute Gasteiger partial charge is 0.200 e. The predicted octanol–water partition coefficient (Wildman–Crippen LogP) is 4.69. The SMILES string of the molecule is COc1cccc2c1C1(O)C(=O)CC(c3ccccc3)C1(c1ccc(Br)cc1)O2. The molecule has 0 aromatic heterocycles. The molecule has 1 fully saturated rings. The molecule has 0 radical (unpaired) electrons. The summed E-state index contributed by atoms with van der Waals surface area (Å²) < 4.78 is 13.0. The van der Waals surface area contributed by atoms with Gasteiger partial charge in [-0.1, -0.05) is 64.5 Å². The van der Waals surface area contributed by atoms with Gasteiger partial charge in [0.1, 0.15) is 11.5 Å². The van der Waals surface area contributed by atoms with Crippen LogP contribution in [0.25, 0.3) is 0 Å². The molecule has 0 bridgehead atoms. The van der Waals surface area contributed by atoms with Crippen LogP contribution in [0.2, 0.25) is 0 Å². The summed E-state index contributed by atoms with van der Waals surface area (Å²) in [5.41, 5.74) is -1.01. The minimum absolute atomic E-state index is 0.175. The third-order valence-electron chi connectivity index (χ3n) is 6.14. The van der Waals surface area contributed by atoms with Gasteiger partial charge in [0.05, 0.1) is 12.7 Å². The second kappa shape index (κ2) is 6.44. The molecule has 2 aliphatic rings. The molecule has 4 nitrogen and oxygen atoms in total. The van der Waals surface area contributed by atoms with E-state index < -0.39 is 11.2 Å². The fraction of sp³-hybridized carbons (Fsp3) is 0.208. The van der Waals surface area contributed by atoms with Crippen LogP contribution < -0.4 is 9.47 Å². The molecule has 146 valence electrons. The Labute approximate surface area is 177 Å². The zero-order chi connectivity index (χ0) is 20.2. The molecule has 5 rings (SSSR count). The van der Waals surface area contributed by atoms with Gasteiger partial charge in [0.15, 0.2) is 17.0 Å². The largest absolute Gasteiger partial charge is 0.496 e. The van der Waals surface area contributed by atoms with Crippen molar-refractivity contribution in [1.29, 1.82) is 0 Å². The third-order valence-corrected chi connectivity index (χ3v) is 6.67. The lowest BCUT2D eigenvalue weighted by Gasteiger charge is -2.39. The molecule has 3 aromatic carbocycles. The molecule has 0 spiro atoms. The van der Waals surface area contributed by atoms with E-state index in [0.717, 1.165) is 15.6 Å². The van der Waals surface area contributed by atoms with E-state index in [0.29, 0.717) is 17.1 Å². The molecule has 1 heterocycles. The van der Waals surface area contributed by atoms with Crippen LogP contribution in [0.5, 0.6) is 11.5 Å². The number of rotatable bonds is 3. The number of benzene rings is 3. The van der Waals surface area contributed by atoms with Crippen LogP contribution in [0.4, 0.5) is 0 Å². The zero-order valence-electron chi connectivity index (χ0n) is 15.8. The Balaban J connectivity index is 1.83. The van der Waals surface area contributed by atoms with Gasteiger partial charge in [-0.2, -0.15) is 0 Å². The van der Waals surface area contributed by atoms with Crippen molar-refractivity contribution >= 4 is 21.7 Å². The highest BCUT2D eigenvalue weighted by Crippen LogP contribution is 2.66. The van der Waals surface area contributed by atoms with Crippen molar-refractivity contribution in [2.45, 2.75) is 23.5 Å². The molecule has 1 aliphatic carbocycles. The van der Waals surface area contributed by atoms with E-state index in [4.69, 9.17) is 9.47 Å². The van der Waals surface area contributed by atoms with Crippen LogP contribution in [-0.4, -0.2) is 18.0 Å². The number of ether oxygens (including phenoxy) is 2. The van der Waals surface area contributed by atoms with Gasteiger partial charge in [-0.15, -0.1) is 0 Å². The third kappa shape index (κ3) is 2.31. The molecule has 3 atom stereocenters. The van der Waals surface area contributed by atoms with Crippen LogP contribution in [0, 0.1) is 0 Å². The lowest BCUT2D eigenvalue weighted by atomic mass is 9.71. The van der Waals surface area contributed by atoms with Crippen molar-refractivity contribution in [3.8, 4) is 11.5 Å². The fourth-order valence-corrected chi connectivity index (χ4v) is 5.17. The van der Waals surface area contributed by atoms with Gasteiger partial charge >= 0.3 is 0 Å². The summed E-state index contributed by atoms with van der Waals surface area (Å²) in [4.78, 5) is 13.4. The first-order valence-electron chi connectivity index (χ1n) is 9.45. The maximum absolute atomic E-state index is 13.4. The maximum Gasteiger partial charge on any atom is 0.200 e. The molecule has 1 aliphatic heterocycles. The van der Waals surface area contributed by atoms with Gasteiger partial charge in [0.25, 0.3) is 0 Å². The Bertz CT molecular complexity index is 1100. The van der Waals surface area contributed by atoms with Crippen molar-refractivity contribution in [1.82, 2.24) is 0 Å². The van der Waals surface area contributed by atoms with Crippen molar-refractivity contribution in [2.75, 3.05) is 7.11 Å². The average Bonchev–Trinajstić information content (AvgIpc) is 3.15. The van der Waals surface area contributed by atoms with E-state index in [-0.39, 0.29) is 18.1 Å². The Kier molecular flexibility index (Phi) is 4.09. The minimum atomic E-state index is -1.84. The van der Waals surface area contributed by atoms with E-state index in [9.17, 15) is 9.90 Å². The number of Topliss-reactive ketones (excluding diaryl/α,β-unsaturated/α-hetero) is 1. The van der Waals surface area contributed by atoms with Crippen LogP contribution in [0.3, 0.4) is 0 Å². The van der Waals surface area contributed by atoms with E-state index in [1.165, 1.54) is 7.11 Å². The van der Waals surface area contributed by atoms with Crippen LogP contribution in [-0.2, 0) is 16.0 Å². The summed E-state index contributed by atoms with van der Waals surface area (Å²) in [6.07, 6.45) is 0.175. The number of hydrogen-bond donors (Lipinski definition) is 1. The highest BCUT2D eigenvalue weighted by molar-refractivity contribution is 9.10. The summed E-state index contributed by atoms with van der Waals surface area (Å²) in [5, 5.41) is 12.1. The van der Waals surface area contributed by atoms with Crippen molar-refractivity contribution in [3.63, 3.8) is 0 Å². The number of halogens is 1. The van der Waals surface area contributed by atoms with Crippen molar-refractivity contribution < 1.29 is 19.4 Å². The lowest BCUT2D eigenvalue weighted by molar-refractivity contribution is -0.151. The topological polar surface area (TPSA) is 55.8 Å². The molecule has 1 N–H and O–H groups in total. The minimum Gasteiger partial charge on any atom is -0.496 e. The Morgan fingerprint density at radius 3 is 2.45 bits per heavy atom. The van der Waals surface area contributed by atoms with Crippen LogP contribution >= 0.6 is 15.9 Å². The Morgan fingerprint density at radius 1 is 1.03 bits per heavy atom. The molecule has 3 aromatic rings. The van der Waals surface area contributed by atoms with E-state index in [1.807, 2.05) is 54.6 Å². The first kappa shape index (κ1) is 18.4. The summed E-state index contributed by atoms with van der Waals surface area (Å²) in [6.45, 7) is 0. The molecule has 3 unspecified atom stereocenters. The second-order valence-corrected chi connectivity index (χ2v) is 8.39. The van der Waals surface area contributed by atoms with Gasteiger partial charge in [-0.05, 0) is 35.4 Å². The van der Waals surface area contributed by atoms with Gasteiger partial charge in [0.2, 0.25) is 0 Å². The number of carbonyl (C=O) groups excluding carboxylic acids is 1. The van der Waals surface area contributed by atoms with E-state index in [2.05, 4.69) is 15.9 Å². The summed E-state index contributed by atoms with van der Waals surface area (Å²) >= 11 is 3.47. The molecule has 0 saturated heterocycles. The van der Waals surface area contributed by atoms with Crippen molar-refractivity contribution in [2.24, 2.45) is 0 Å². The molecule has 29 heavy (non-hydrogen) atoms. The highest BCUT2D eigenvalue weighted by Gasteiger charge is 2.73. The summed E-state index contributed by atoms with van der Waals surface area (Å²) in [7, 11) is 1.53. The Morgan fingerprint density at radius 2 is 1.76 bits per heavy atom. The molecule has 1 saturated carbocycles. The normalized spacial score (nSPS) is 27.3. The highest BCUT2D eigenvalue weighted by atomic mass is 79.9. The number of ketones is 1. The zero-order valence-corrected chi connectivity index (χ0v) is 17.3. The predicted molar refractivity (Wildman–Crippen MR) is 112 cm³/mol. The van der Waals surface area contributed by atoms with Gasteiger partial charge in [-0.25, -0.2) is 0 Å². The lowest BCUT2D eigenvalue weighted by Crippen LogP contribution is -2.50. The van der Waals surface area contributed by atoms with Gasteiger partial charge in [-0.3, -0.25) is 4.79 Å². The summed E-state index contributed by atoms with van der Waals surface area (Å²) in [5.74, 6) is 0.312. The standard InChI is InChI=1S/C24H19BrO4/c1-28-19-8-5-9-20-22(19)23(27)21(26)14-18(15-6-3-2-4-7-15)24(23,29-20)16-10-12-17(25)13-11-16/h2-13,18,27H,14H2,1H3. The molecule has 0 amide bonds. The van der Waals surface area contributed by atoms with Gasteiger partial charge in [0, 0.05) is 16.8 Å². The summed E-state index contributed by atoms with van der Waals surface area (Å²) in [6, 6.07) is 22.7. The van der Waals surface area contributed by atoms with Crippen LogP contribution in [0.1, 0.15) is 29.0 Å². The fourth-order valence-electron chi connectivity index (χ4n) is 4.91. The number of methoxy groups -OCH3 is 1. The van der Waals surface area contributed by atoms with E-state index >= 15 is 0 Å². The molecule has 5 heteroatoms. The molecular formula is C24H19BrO4. The maximum atomic E-state index is 13.4. The second-order valence-electron chi connectivity index (χ2n) is 7.48. The van der Waals surface area contributed by atoms with Crippen LogP contribution in [0.15, 0.2) is 77.3 Å². The first-order chi connectivity index (χ1) is 14.0. The number of fused-ring (bicyclic) bond motifs is 3. The number of hydrogen-bond acceptors (Lipinski definition) is 4. The monoisotopic (exact) mass is 450 g/mol. The number of carbonyl (C=O) groups is 1. The average molecular weight is 451 g/mol. The molecular weight excluding hydrogens is 432 g/mol. The van der Waals surface area contributed by atoms with Crippen molar-refractivity contribution in [3.05, 3.63) is 94.0 Å². The quantitative estimate of drug-likeness (QED) is 0.628.